The summed E-state index contributed by atoms with van der Waals surface area (Å²) in [6, 6.07) is 10.1. The van der Waals surface area contributed by atoms with Crippen molar-refractivity contribution in [3.8, 4) is 5.75 Å². The lowest BCUT2D eigenvalue weighted by molar-refractivity contribution is -0.115. The summed E-state index contributed by atoms with van der Waals surface area (Å²) < 4.78 is 9.97. The molecular weight excluding hydrogens is 260 g/mol. The highest BCUT2D eigenvalue weighted by molar-refractivity contribution is 5.98. The van der Waals surface area contributed by atoms with Crippen LogP contribution in [0.25, 0.3) is 0 Å². The van der Waals surface area contributed by atoms with Gasteiger partial charge < -0.3 is 19.8 Å². The molecular formula is C14H14N2O4. The molecule has 1 aromatic heterocycles. The zero-order valence-electron chi connectivity index (χ0n) is 10.9. The maximum atomic E-state index is 11.7. The summed E-state index contributed by atoms with van der Waals surface area (Å²) >= 11 is 0. The molecule has 2 amide bonds. The fourth-order valence-corrected chi connectivity index (χ4v) is 1.56. The highest BCUT2D eigenvalue weighted by atomic mass is 16.5. The number of rotatable bonds is 5. The number of hydrogen-bond acceptors (Lipinski definition) is 4. The van der Waals surface area contributed by atoms with Gasteiger partial charge in [0.1, 0.15) is 5.75 Å². The van der Waals surface area contributed by atoms with Crippen molar-refractivity contribution in [1.82, 2.24) is 5.32 Å². The Hall–Kier alpha value is -2.76. The SMILES string of the molecule is COc1cccc(NC(=O)CNC(=O)c2ccco2)c1. The molecule has 0 bridgehead atoms. The van der Waals surface area contributed by atoms with Gasteiger partial charge in [0.2, 0.25) is 5.91 Å². The van der Waals surface area contributed by atoms with Crippen LogP contribution in [-0.4, -0.2) is 25.5 Å². The average molecular weight is 274 g/mol. The smallest absolute Gasteiger partial charge is 0.287 e. The lowest BCUT2D eigenvalue weighted by Crippen LogP contribution is -2.32. The van der Waals surface area contributed by atoms with Crippen molar-refractivity contribution < 1.29 is 18.7 Å². The number of benzene rings is 1. The standard InChI is InChI=1S/C14H14N2O4/c1-19-11-5-2-4-10(8-11)16-13(17)9-15-14(18)12-6-3-7-20-12/h2-8H,9H2,1H3,(H,15,18)(H,16,17). The lowest BCUT2D eigenvalue weighted by Gasteiger charge is -2.07. The van der Waals surface area contributed by atoms with Crippen LogP contribution < -0.4 is 15.4 Å². The second kappa shape index (κ2) is 6.42. The molecule has 1 aromatic carbocycles. The van der Waals surface area contributed by atoms with Crippen LogP contribution in [0.3, 0.4) is 0 Å². The molecule has 2 rings (SSSR count). The Morgan fingerprint density at radius 1 is 1.25 bits per heavy atom. The Bertz CT molecular complexity index is 593. The fourth-order valence-electron chi connectivity index (χ4n) is 1.56. The number of anilines is 1. The van der Waals surface area contributed by atoms with Crippen molar-refractivity contribution in [1.29, 1.82) is 0 Å². The lowest BCUT2D eigenvalue weighted by atomic mass is 10.3. The number of ether oxygens (including phenoxy) is 1. The van der Waals surface area contributed by atoms with Crippen LogP contribution in [0.15, 0.2) is 47.1 Å². The first-order valence-electron chi connectivity index (χ1n) is 5.94. The van der Waals surface area contributed by atoms with Crippen molar-refractivity contribution in [3.05, 3.63) is 48.4 Å². The Balaban J connectivity index is 1.85. The maximum Gasteiger partial charge on any atom is 0.287 e. The van der Waals surface area contributed by atoms with E-state index in [1.165, 1.54) is 12.3 Å². The molecule has 0 fully saturated rings. The van der Waals surface area contributed by atoms with E-state index in [0.717, 1.165) is 0 Å². The summed E-state index contributed by atoms with van der Waals surface area (Å²) in [6.45, 7) is -0.142. The molecule has 0 aliphatic heterocycles. The minimum absolute atomic E-state index is 0.142. The number of carbonyl (C=O) groups is 2. The van der Waals surface area contributed by atoms with Crippen LogP contribution in [0.2, 0.25) is 0 Å². The summed E-state index contributed by atoms with van der Waals surface area (Å²) in [4.78, 5) is 23.2. The number of nitrogens with one attached hydrogen (secondary N) is 2. The Morgan fingerprint density at radius 3 is 2.80 bits per heavy atom. The number of amides is 2. The minimum Gasteiger partial charge on any atom is -0.497 e. The zero-order chi connectivity index (χ0) is 14.4. The number of carbonyl (C=O) groups excluding carboxylic acids is 2. The summed E-state index contributed by atoms with van der Waals surface area (Å²) in [7, 11) is 1.55. The zero-order valence-corrected chi connectivity index (χ0v) is 10.9. The van der Waals surface area contributed by atoms with E-state index < -0.39 is 5.91 Å². The van der Waals surface area contributed by atoms with E-state index in [4.69, 9.17) is 9.15 Å². The molecule has 0 spiro atoms. The van der Waals surface area contributed by atoms with Crippen molar-refractivity contribution in [2.75, 3.05) is 19.0 Å². The first-order chi connectivity index (χ1) is 9.69. The topological polar surface area (TPSA) is 80.6 Å². The number of methoxy groups -OCH3 is 1. The normalized spacial score (nSPS) is 9.85. The fraction of sp³-hybridized carbons (Fsp3) is 0.143. The van der Waals surface area contributed by atoms with E-state index in [-0.39, 0.29) is 18.2 Å². The van der Waals surface area contributed by atoms with E-state index in [1.807, 2.05) is 0 Å². The van der Waals surface area contributed by atoms with Gasteiger partial charge in [-0.2, -0.15) is 0 Å². The predicted octanol–water partition coefficient (Wildman–Crippen LogP) is 1.66. The second-order valence-electron chi connectivity index (χ2n) is 3.94. The van der Waals surface area contributed by atoms with E-state index in [9.17, 15) is 9.59 Å². The van der Waals surface area contributed by atoms with Gasteiger partial charge in [-0.05, 0) is 24.3 Å². The number of hydrogen-bond donors (Lipinski definition) is 2. The molecule has 6 heteroatoms. The summed E-state index contributed by atoms with van der Waals surface area (Å²) in [5.74, 6) is 0.0375. The van der Waals surface area contributed by atoms with Gasteiger partial charge in [-0.3, -0.25) is 9.59 Å². The Morgan fingerprint density at radius 2 is 2.10 bits per heavy atom. The largest absolute Gasteiger partial charge is 0.497 e. The molecule has 0 aliphatic rings. The maximum absolute atomic E-state index is 11.7. The van der Waals surface area contributed by atoms with Crippen molar-refractivity contribution >= 4 is 17.5 Å². The van der Waals surface area contributed by atoms with Gasteiger partial charge in [0, 0.05) is 11.8 Å². The Kier molecular flexibility index (Phi) is 4.39. The molecule has 1 heterocycles. The molecule has 0 aliphatic carbocycles. The van der Waals surface area contributed by atoms with E-state index >= 15 is 0 Å². The monoisotopic (exact) mass is 274 g/mol. The molecule has 2 aromatic rings. The van der Waals surface area contributed by atoms with Crippen LogP contribution in [0.5, 0.6) is 5.75 Å². The molecule has 0 atom stereocenters. The molecule has 104 valence electrons. The minimum atomic E-state index is -0.434. The molecule has 0 radical (unpaired) electrons. The van der Waals surface area contributed by atoms with Gasteiger partial charge in [0.15, 0.2) is 5.76 Å². The van der Waals surface area contributed by atoms with Gasteiger partial charge in [0.05, 0.1) is 19.9 Å². The van der Waals surface area contributed by atoms with Gasteiger partial charge in [0.25, 0.3) is 5.91 Å². The molecule has 0 saturated carbocycles. The molecule has 6 nitrogen and oxygen atoms in total. The Labute approximate surface area is 115 Å². The van der Waals surface area contributed by atoms with Crippen molar-refractivity contribution in [2.45, 2.75) is 0 Å². The van der Waals surface area contributed by atoms with Crippen LogP contribution >= 0.6 is 0 Å². The average Bonchev–Trinajstić information content (AvgIpc) is 2.99. The van der Waals surface area contributed by atoms with Crippen LogP contribution in [0.4, 0.5) is 5.69 Å². The van der Waals surface area contributed by atoms with Gasteiger partial charge in [-0.15, -0.1) is 0 Å². The quantitative estimate of drug-likeness (QED) is 0.868. The van der Waals surface area contributed by atoms with Gasteiger partial charge in [-0.25, -0.2) is 0 Å². The van der Waals surface area contributed by atoms with Crippen molar-refractivity contribution in [3.63, 3.8) is 0 Å². The van der Waals surface area contributed by atoms with Crippen LogP contribution in [-0.2, 0) is 4.79 Å². The highest BCUT2D eigenvalue weighted by Gasteiger charge is 2.10. The first-order valence-corrected chi connectivity index (χ1v) is 5.94. The van der Waals surface area contributed by atoms with Crippen LogP contribution in [0.1, 0.15) is 10.6 Å². The third kappa shape index (κ3) is 3.61. The van der Waals surface area contributed by atoms with E-state index in [1.54, 1.807) is 37.4 Å². The first kappa shape index (κ1) is 13.7. The third-order valence-corrected chi connectivity index (χ3v) is 2.51. The van der Waals surface area contributed by atoms with E-state index in [0.29, 0.717) is 11.4 Å². The summed E-state index contributed by atoms with van der Waals surface area (Å²) in [5, 5.41) is 5.11. The molecule has 0 unspecified atom stereocenters. The predicted molar refractivity (Wildman–Crippen MR) is 72.7 cm³/mol. The molecule has 2 N–H and O–H groups in total. The highest BCUT2D eigenvalue weighted by Crippen LogP contribution is 2.16. The van der Waals surface area contributed by atoms with Crippen LogP contribution in [0, 0.1) is 0 Å². The van der Waals surface area contributed by atoms with E-state index in [2.05, 4.69) is 10.6 Å². The van der Waals surface area contributed by atoms with Crippen molar-refractivity contribution in [2.24, 2.45) is 0 Å². The second-order valence-corrected chi connectivity index (χ2v) is 3.94. The molecule has 0 saturated heterocycles. The van der Waals surface area contributed by atoms with Gasteiger partial charge in [-0.1, -0.05) is 6.07 Å². The van der Waals surface area contributed by atoms with Gasteiger partial charge >= 0.3 is 0 Å². The third-order valence-electron chi connectivity index (χ3n) is 2.51. The number of furan rings is 1. The summed E-state index contributed by atoms with van der Waals surface area (Å²) in [6.07, 6.45) is 1.39. The summed E-state index contributed by atoms with van der Waals surface area (Å²) in [5.41, 5.74) is 0.599. The molecule has 20 heavy (non-hydrogen) atoms.